The molecule has 2 aromatic heterocycles. The van der Waals surface area contributed by atoms with Crippen molar-refractivity contribution in [3.8, 4) is 0 Å². The van der Waals surface area contributed by atoms with E-state index in [1.54, 1.807) is 17.7 Å². The molecule has 0 spiro atoms. The summed E-state index contributed by atoms with van der Waals surface area (Å²) in [5.74, 6) is 1.75. The molecule has 0 saturated heterocycles. The zero-order chi connectivity index (χ0) is 13.0. The largest absolute Gasteiger partial charge is 0.370 e. The Hall–Kier alpha value is -1.69. The third-order valence-corrected chi connectivity index (χ3v) is 3.62. The molecule has 0 bridgehead atoms. The lowest BCUT2D eigenvalue weighted by Gasteiger charge is -2.11. The Labute approximate surface area is 111 Å². The number of hydrogen-bond donors (Lipinski definition) is 2. The summed E-state index contributed by atoms with van der Waals surface area (Å²) in [6.07, 6.45) is 1.58. The number of nitrogens with one attached hydrogen (secondary N) is 2. The fourth-order valence-electron chi connectivity index (χ4n) is 1.63. The Morgan fingerprint density at radius 2 is 1.83 bits per heavy atom. The van der Waals surface area contributed by atoms with Gasteiger partial charge in [0.2, 0.25) is 0 Å². The molecule has 0 radical (unpaired) electrons. The van der Waals surface area contributed by atoms with Crippen molar-refractivity contribution in [3.63, 3.8) is 0 Å². The monoisotopic (exact) mass is 263 g/mol. The van der Waals surface area contributed by atoms with Gasteiger partial charge >= 0.3 is 0 Å². The third kappa shape index (κ3) is 2.76. The Morgan fingerprint density at radius 3 is 2.44 bits per heavy atom. The molecule has 0 aliphatic rings. The van der Waals surface area contributed by atoms with Gasteiger partial charge in [0.15, 0.2) is 0 Å². The summed E-state index contributed by atoms with van der Waals surface area (Å²) < 4.78 is 0. The van der Waals surface area contributed by atoms with Gasteiger partial charge in [0.05, 0.1) is 17.7 Å². The van der Waals surface area contributed by atoms with Gasteiger partial charge in [0.1, 0.15) is 18.0 Å². The Bertz CT molecular complexity index is 523. The minimum atomic E-state index is 0.750. The minimum Gasteiger partial charge on any atom is -0.370 e. The highest BCUT2D eigenvalue weighted by Gasteiger charge is 2.07. The molecule has 6 heteroatoms. The van der Waals surface area contributed by atoms with Crippen molar-refractivity contribution in [2.24, 2.45) is 0 Å². The highest BCUT2D eigenvalue weighted by Crippen LogP contribution is 2.20. The van der Waals surface area contributed by atoms with Crippen LogP contribution in [0.15, 0.2) is 11.8 Å². The van der Waals surface area contributed by atoms with Crippen LogP contribution >= 0.6 is 11.3 Å². The number of aryl methyl sites for hydroxylation is 1. The summed E-state index contributed by atoms with van der Waals surface area (Å²) in [5, 5.41) is 6.55. The number of rotatable bonds is 5. The van der Waals surface area contributed by atoms with Crippen LogP contribution in [0.2, 0.25) is 0 Å². The molecule has 0 aliphatic heterocycles. The summed E-state index contributed by atoms with van der Waals surface area (Å²) in [7, 11) is 0. The third-order valence-electron chi connectivity index (χ3n) is 2.69. The first kappa shape index (κ1) is 12.8. The van der Waals surface area contributed by atoms with Gasteiger partial charge in [-0.15, -0.1) is 11.3 Å². The number of thiazole rings is 1. The highest BCUT2D eigenvalue weighted by atomic mass is 32.1. The molecule has 0 unspecified atom stereocenters. The summed E-state index contributed by atoms with van der Waals surface area (Å²) in [5.41, 5.74) is 3.98. The number of anilines is 2. The summed E-state index contributed by atoms with van der Waals surface area (Å²) in [6, 6.07) is 0. The molecule has 0 fully saturated rings. The second-order valence-electron chi connectivity index (χ2n) is 3.94. The molecule has 0 saturated carbocycles. The lowest BCUT2D eigenvalue weighted by molar-refractivity contribution is 1.04. The van der Waals surface area contributed by atoms with E-state index in [-0.39, 0.29) is 0 Å². The van der Waals surface area contributed by atoms with Crippen molar-refractivity contribution in [2.75, 3.05) is 17.2 Å². The van der Waals surface area contributed by atoms with Crippen molar-refractivity contribution in [1.82, 2.24) is 15.0 Å². The molecule has 2 N–H and O–H groups in total. The Balaban J connectivity index is 2.10. The molecule has 2 aromatic rings. The maximum atomic E-state index is 4.27. The van der Waals surface area contributed by atoms with Crippen LogP contribution in [0.5, 0.6) is 0 Å². The maximum absolute atomic E-state index is 4.27. The van der Waals surface area contributed by atoms with Crippen molar-refractivity contribution in [1.29, 1.82) is 0 Å². The van der Waals surface area contributed by atoms with Crippen LogP contribution in [0.1, 0.15) is 23.1 Å². The van der Waals surface area contributed by atoms with Crippen LogP contribution in [0.25, 0.3) is 0 Å². The van der Waals surface area contributed by atoms with E-state index in [0.717, 1.165) is 36.0 Å². The van der Waals surface area contributed by atoms with Gasteiger partial charge in [0, 0.05) is 17.0 Å². The Kier molecular flexibility index (Phi) is 4.09. The first-order valence-electron chi connectivity index (χ1n) is 5.90. The average molecular weight is 263 g/mol. The molecular weight excluding hydrogens is 246 g/mol. The van der Waals surface area contributed by atoms with Gasteiger partial charge < -0.3 is 10.6 Å². The van der Waals surface area contributed by atoms with Gasteiger partial charge in [-0.1, -0.05) is 0 Å². The Morgan fingerprint density at radius 1 is 1.11 bits per heavy atom. The number of hydrogen-bond acceptors (Lipinski definition) is 6. The molecule has 0 aromatic carbocycles. The minimum absolute atomic E-state index is 0.750. The van der Waals surface area contributed by atoms with E-state index in [2.05, 4.69) is 32.5 Å². The van der Waals surface area contributed by atoms with E-state index in [9.17, 15) is 0 Å². The van der Waals surface area contributed by atoms with Crippen LogP contribution in [-0.4, -0.2) is 21.5 Å². The number of aromatic nitrogens is 3. The predicted octanol–water partition coefficient (Wildman–Crippen LogP) is 2.59. The second-order valence-corrected chi connectivity index (χ2v) is 4.88. The van der Waals surface area contributed by atoms with Crippen molar-refractivity contribution in [2.45, 2.75) is 27.3 Å². The van der Waals surface area contributed by atoms with Crippen LogP contribution in [-0.2, 0) is 6.54 Å². The van der Waals surface area contributed by atoms with E-state index in [4.69, 9.17) is 0 Å². The molecule has 96 valence electrons. The van der Waals surface area contributed by atoms with Gasteiger partial charge in [-0.3, -0.25) is 0 Å². The SMILES string of the molecule is CCNc1ncnc(NCc2scnc2C)c1C. The average Bonchev–Trinajstić information content (AvgIpc) is 2.76. The van der Waals surface area contributed by atoms with Gasteiger partial charge in [0.25, 0.3) is 0 Å². The molecule has 2 rings (SSSR count). The maximum Gasteiger partial charge on any atom is 0.134 e. The van der Waals surface area contributed by atoms with Crippen molar-refractivity contribution >= 4 is 23.0 Å². The highest BCUT2D eigenvalue weighted by molar-refractivity contribution is 7.09. The first-order valence-corrected chi connectivity index (χ1v) is 6.78. The van der Waals surface area contributed by atoms with E-state index in [1.807, 2.05) is 19.4 Å². The first-order chi connectivity index (χ1) is 8.72. The summed E-state index contributed by atoms with van der Waals surface area (Å²) in [6.45, 7) is 7.69. The van der Waals surface area contributed by atoms with Crippen LogP contribution in [0, 0.1) is 13.8 Å². The van der Waals surface area contributed by atoms with E-state index < -0.39 is 0 Å². The fourth-order valence-corrected chi connectivity index (χ4v) is 2.35. The van der Waals surface area contributed by atoms with Crippen molar-refractivity contribution in [3.05, 3.63) is 28.0 Å². The van der Waals surface area contributed by atoms with E-state index >= 15 is 0 Å². The quantitative estimate of drug-likeness (QED) is 0.868. The summed E-state index contributed by atoms with van der Waals surface area (Å²) >= 11 is 1.66. The molecule has 0 amide bonds. The fraction of sp³-hybridized carbons (Fsp3) is 0.417. The lowest BCUT2D eigenvalue weighted by atomic mass is 10.3. The molecule has 5 nitrogen and oxygen atoms in total. The van der Waals surface area contributed by atoms with Gasteiger partial charge in [-0.25, -0.2) is 15.0 Å². The van der Waals surface area contributed by atoms with Crippen molar-refractivity contribution < 1.29 is 0 Å². The zero-order valence-electron chi connectivity index (χ0n) is 10.8. The van der Waals surface area contributed by atoms with Crippen LogP contribution in [0.3, 0.4) is 0 Å². The molecule has 18 heavy (non-hydrogen) atoms. The smallest absolute Gasteiger partial charge is 0.134 e. The topological polar surface area (TPSA) is 62.7 Å². The van der Waals surface area contributed by atoms with E-state index in [1.165, 1.54) is 4.88 Å². The molecule has 2 heterocycles. The van der Waals surface area contributed by atoms with Crippen LogP contribution in [0.4, 0.5) is 11.6 Å². The van der Waals surface area contributed by atoms with E-state index in [0.29, 0.717) is 0 Å². The lowest BCUT2D eigenvalue weighted by Crippen LogP contribution is -2.07. The van der Waals surface area contributed by atoms with Gasteiger partial charge in [-0.2, -0.15) is 0 Å². The molecule has 0 atom stereocenters. The molecular formula is C12H17N5S. The number of nitrogens with zero attached hydrogens (tertiary/aromatic N) is 3. The zero-order valence-corrected chi connectivity index (χ0v) is 11.6. The van der Waals surface area contributed by atoms with Gasteiger partial charge in [-0.05, 0) is 20.8 Å². The van der Waals surface area contributed by atoms with Crippen LogP contribution < -0.4 is 10.6 Å². The second kappa shape index (κ2) is 5.77. The normalized spacial score (nSPS) is 10.4. The predicted molar refractivity (Wildman–Crippen MR) is 75.1 cm³/mol. The standard InChI is InChI=1S/C12H17N5S/c1-4-13-11-8(2)12(16-6-15-11)14-5-10-9(3)17-7-18-10/h6-7H,4-5H2,1-3H3,(H2,13,14,15,16). The summed E-state index contributed by atoms with van der Waals surface area (Å²) in [4.78, 5) is 14.0. The molecule has 0 aliphatic carbocycles.